The van der Waals surface area contributed by atoms with Crippen molar-refractivity contribution in [2.24, 2.45) is 0 Å². The van der Waals surface area contributed by atoms with Gasteiger partial charge in [0.25, 0.3) is 0 Å². The predicted octanol–water partition coefficient (Wildman–Crippen LogP) is 0.493. The van der Waals surface area contributed by atoms with Gasteiger partial charge in [0.05, 0.1) is 7.11 Å². The minimum absolute atomic E-state index is 0.0344. The fraction of sp³-hybridized carbons (Fsp3) is 0.400. The van der Waals surface area contributed by atoms with E-state index in [0.29, 0.717) is 0 Å². The Morgan fingerprint density at radius 1 is 1.44 bits per heavy atom. The summed E-state index contributed by atoms with van der Waals surface area (Å²) in [6.45, 7) is 1.82. The van der Waals surface area contributed by atoms with Crippen molar-refractivity contribution in [1.82, 2.24) is 0 Å². The molecule has 1 rings (SSSR count). The van der Waals surface area contributed by atoms with Crippen LogP contribution in [0.1, 0.15) is 6.92 Å². The lowest BCUT2D eigenvalue weighted by Gasteiger charge is -2.07. The summed E-state index contributed by atoms with van der Waals surface area (Å²) in [6, 6.07) is 0. The van der Waals surface area contributed by atoms with Crippen LogP contribution < -0.4 is 0 Å². The molecular weight excluding hydrogens is 216 g/mol. The molecule has 0 saturated heterocycles. The minimum atomic E-state index is -0.645. The van der Waals surface area contributed by atoms with Crippen molar-refractivity contribution in [2.75, 3.05) is 13.7 Å². The molecule has 0 aliphatic carbocycles. The molecule has 0 aromatic rings. The zero-order valence-corrected chi connectivity index (χ0v) is 8.97. The van der Waals surface area contributed by atoms with Gasteiger partial charge in [-0.05, 0) is 6.92 Å². The molecule has 88 valence electrons. The third kappa shape index (κ3) is 3.74. The van der Waals surface area contributed by atoms with E-state index in [1.54, 1.807) is 6.92 Å². The fourth-order valence-corrected chi connectivity index (χ4v) is 0.892. The first-order valence-electron chi connectivity index (χ1n) is 4.55. The quantitative estimate of drug-likeness (QED) is 0.396. The number of hydrogen-bond acceptors (Lipinski definition) is 6. The first-order valence-corrected chi connectivity index (χ1v) is 4.55. The first kappa shape index (κ1) is 12.3. The van der Waals surface area contributed by atoms with Crippen molar-refractivity contribution >= 4 is 11.9 Å². The van der Waals surface area contributed by atoms with Crippen molar-refractivity contribution in [2.45, 2.75) is 13.0 Å². The van der Waals surface area contributed by atoms with Gasteiger partial charge in [-0.2, -0.15) is 4.89 Å². The standard InChI is InChI=1S/C10H12O6/c1-7-5-15-16-8(7)6-14-10(12)4-3-9(11)13-2/h3-5,8H,6H2,1-2H3/b4-3+. The number of carbonyl (C=O) groups excluding carboxylic acids is 2. The summed E-state index contributed by atoms with van der Waals surface area (Å²) in [5, 5.41) is 0. The number of methoxy groups -OCH3 is 1. The summed E-state index contributed by atoms with van der Waals surface area (Å²) in [5.74, 6) is -1.26. The van der Waals surface area contributed by atoms with E-state index in [-0.39, 0.29) is 6.61 Å². The molecule has 16 heavy (non-hydrogen) atoms. The molecule has 0 spiro atoms. The summed E-state index contributed by atoms with van der Waals surface area (Å²) in [5.41, 5.74) is 0.824. The Labute approximate surface area is 92.3 Å². The molecule has 0 N–H and O–H groups in total. The van der Waals surface area contributed by atoms with Gasteiger partial charge >= 0.3 is 11.9 Å². The molecular formula is C10H12O6. The van der Waals surface area contributed by atoms with E-state index in [1.807, 2.05) is 0 Å². The van der Waals surface area contributed by atoms with Gasteiger partial charge in [-0.1, -0.05) is 0 Å². The maximum atomic E-state index is 11.1. The van der Waals surface area contributed by atoms with Gasteiger partial charge in [-0.3, -0.25) is 0 Å². The molecule has 6 nitrogen and oxygen atoms in total. The highest BCUT2D eigenvalue weighted by Crippen LogP contribution is 2.14. The van der Waals surface area contributed by atoms with Gasteiger partial charge < -0.3 is 14.4 Å². The van der Waals surface area contributed by atoms with Crippen LogP contribution in [0.25, 0.3) is 0 Å². The lowest BCUT2D eigenvalue weighted by Crippen LogP contribution is -2.18. The highest BCUT2D eigenvalue weighted by molar-refractivity contribution is 5.91. The number of rotatable bonds is 4. The van der Waals surface area contributed by atoms with Crippen LogP contribution in [0.15, 0.2) is 24.0 Å². The normalized spacial score (nSPS) is 19.1. The molecule has 0 aromatic carbocycles. The number of ether oxygens (including phenoxy) is 2. The Balaban J connectivity index is 2.28. The third-order valence-electron chi connectivity index (χ3n) is 1.85. The fourth-order valence-electron chi connectivity index (χ4n) is 0.892. The number of carbonyl (C=O) groups is 2. The Morgan fingerprint density at radius 3 is 2.69 bits per heavy atom. The first-order chi connectivity index (χ1) is 7.63. The second-order valence-corrected chi connectivity index (χ2v) is 3.03. The van der Waals surface area contributed by atoms with E-state index in [4.69, 9.17) is 9.62 Å². The van der Waals surface area contributed by atoms with Crippen molar-refractivity contribution in [3.8, 4) is 0 Å². The smallest absolute Gasteiger partial charge is 0.331 e. The van der Waals surface area contributed by atoms with Gasteiger partial charge in [-0.25, -0.2) is 9.59 Å². The lowest BCUT2D eigenvalue weighted by molar-refractivity contribution is -0.259. The maximum absolute atomic E-state index is 11.1. The average molecular weight is 228 g/mol. The second kappa shape index (κ2) is 5.92. The molecule has 0 radical (unpaired) electrons. The van der Waals surface area contributed by atoms with Gasteiger partial charge in [-0.15, -0.1) is 0 Å². The molecule has 1 aliphatic rings. The topological polar surface area (TPSA) is 71.1 Å². The Hall–Kier alpha value is -1.82. The minimum Gasteiger partial charge on any atom is -0.466 e. The van der Waals surface area contributed by atoms with Crippen molar-refractivity contribution < 1.29 is 28.8 Å². The maximum Gasteiger partial charge on any atom is 0.331 e. The van der Waals surface area contributed by atoms with Crippen molar-refractivity contribution in [3.63, 3.8) is 0 Å². The molecule has 1 atom stereocenters. The van der Waals surface area contributed by atoms with E-state index in [1.165, 1.54) is 13.4 Å². The van der Waals surface area contributed by atoms with Crippen molar-refractivity contribution in [3.05, 3.63) is 24.0 Å². The van der Waals surface area contributed by atoms with E-state index in [9.17, 15) is 9.59 Å². The predicted molar refractivity (Wildman–Crippen MR) is 51.8 cm³/mol. The van der Waals surface area contributed by atoms with E-state index >= 15 is 0 Å². The number of esters is 2. The van der Waals surface area contributed by atoms with Crippen LogP contribution in [0, 0.1) is 0 Å². The molecule has 0 saturated carbocycles. The molecule has 1 unspecified atom stereocenters. The van der Waals surface area contributed by atoms with E-state index in [2.05, 4.69) is 9.62 Å². The van der Waals surface area contributed by atoms with Gasteiger partial charge in [0.1, 0.15) is 12.9 Å². The lowest BCUT2D eigenvalue weighted by atomic mass is 10.2. The average Bonchev–Trinajstić information content (AvgIpc) is 2.69. The van der Waals surface area contributed by atoms with Crippen LogP contribution in [0.5, 0.6) is 0 Å². The number of hydrogen-bond donors (Lipinski definition) is 0. The molecule has 0 amide bonds. The zero-order chi connectivity index (χ0) is 12.0. The highest BCUT2D eigenvalue weighted by Gasteiger charge is 2.20. The second-order valence-electron chi connectivity index (χ2n) is 3.03. The van der Waals surface area contributed by atoms with Gasteiger partial charge in [0.15, 0.2) is 6.10 Å². The molecule has 6 heteroatoms. The summed E-state index contributed by atoms with van der Waals surface area (Å²) in [6.07, 6.45) is 3.01. The van der Waals surface area contributed by atoms with Crippen LogP contribution in [0.3, 0.4) is 0 Å². The highest BCUT2D eigenvalue weighted by atomic mass is 17.2. The Bertz CT molecular complexity index is 330. The SMILES string of the molecule is COC(=O)/C=C/C(=O)OCC1OOC=C1C. The molecule has 0 aromatic heterocycles. The largest absolute Gasteiger partial charge is 0.466 e. The van der Waals surface area contributed by atoms with Crippen LogP contribution in [0.2, 0.25) is 0 Å². The summed E-state index contributed by atoms with van der Waals surface area (Å²) in [7, 11) is 1.22. The molecule has 1 aliphatic heterocycles. The molecule has 0 fully saturated rings. The van der Waals surface area contributed by atoms with Crippen LogP contribution in [-0.4, -0.2) is 31.8 Å². The van der Waals surface area contributed by atoms with Gasteiger partial charge in [0.2, 0.25) is 0 Å². The summed E-state index contributed by atoms with van der Waals surface area (Å²) >= 11 is 0. The monoisotopic (exact) mass is 228 g/mol. The van der Waals surface area contributed by atoms with E-state index < -0.39 is 18.0 Å². The van der Waals surface area contributed by atoms with Crippen LogP contribution in [0.4, 0.5) is 0 Å². The molecule has 1 heterocycles. The van der Waals surface area contributed by atoms with E-state index in [0.717, 1.165) is 17.7 Å². The summed E-state index contributed by atoms with van der Waals surface area (Å²) in [4.78, 5) is 31.1. The molecule has 0 bridgehead atoms. The summed E-state index contributed by atoms with van der Waals surface area (Å²) < 4.78 is 9.12. The van der Waals surface area contributed by atoms with Crippen molar-refractivity contribution in [1.29, 1.82) is 0 Å². The van der Waals surface area contributed by atoms with Gasteiger partial charge in [0, 0.05) is 17.7 Å². The zero-order valence-electron chi connectivity index (χ0n) is 8.97. The Kier molecular flexibility index (Phi) is 4.53. The third-order valence-corrected chi connectivity index (χ3v) is 1.85. The van der Waals surface area contributed by atoms with Crippen LogP contribution >= 0.6 is 0 Å². The van der Waals surface area contributed by atoms with Crippen LogP contribution in [-0.2, 0) is 28.8 Å². The Morgan fingerprint density at radius 2 is 2.12 bits per heavy atom.